The van der Waals surface area contributed by atoms with Gasteiger partial charge in [0.2, 0.25) is 5.88 Å². The molecule has 2 aromatic carbocycles. The van der Waals surface area contributed by atoms with Crippen LogP contribution in [0.15, 0.2) is 72.9 Å². The van der Waals surface area contributed by atoms with Gasteiger partial charge < -0.3 is 25.6 Å². The lowest BCUT2D eigenvalue weighted by Crippen LogP contribution is -2.47. The van der Waals surface area contributed by atoms with Gasteiger partial charge >= 0.3 is 6.09 Å². The van der Waals surface area contributed by atoms with Crippen molar-refractivity contribution in [2.45, 2.75) is 49.8 Å². The molecule has 2 heterocycles. The quantitative estimate of drug-likeness (QED) is 0.300. The zero-order valence-corrected chi connectivity index (χ0v) is 22.5. The van der Waals surface area contributed by atoms with Gasteiger partial charge in [0, 0.05) is 29.8 Å². The molecule has 2 unspecified atom stereocenters. The van der Waals surface area contributed by atoms with Crippen molar-refractivity contribution >= 4 is 17.1 Å². The second-order valence-electron chi connectivity index (χ2n) is 10.7. The van der Waals surface area contributed by atoms with E-state index in [-0.39, 0.29) is 24.5 Å². The van der Waals surface area contributed by atoms with Crippen molar-refractivity contribution in [3.05, 3.63) is 89.6 Å². The molecule has 2 aliphatic carbocycles. The Bertz CT molecular complexity index is 1470. The van der Waals surface area contributed by atoms with E-state index in [1.807, 2.05) is 30.3 Å². The number of methoxy groups -OCH3 is 1. The summed E-state index contributed by atoms with van der Waals surface area (Å²) in [6.45, 7) is 0.204. The third kappa shape index (κ3) is 5.00. The third-order valence-electron chi connectivity index (χ3n) is 8.41. The summed E-state index contributed by atoms with van der Waals surface area (Å²) < 4.78 is 11.2. The number of fused-ring (bicyclic) bond motifs is 4. The van der Waals surface area contributed by atoms with Gasteiger partial charge in [-0.3, -0.25) is 4.98 Å². The minimum atomic E-state index is -1.02. The SMILES string of the molecule is COc1ccc2nccc(C(O)C(NC(=O)OCC3c4ccccc4-c4ccccc43)C3CCC(N)CC3)c2n1. The van der Waals surface area contributed by atoms with Crippen LogP contribution in [0.4, 0.5) is 4.79 Å². The number of benzene rings is 2. The zero-order chi connectivity index (χ0) is 27.6. The molecule has 8 nitrogen and oxygen atoms in total. The number of alkyl carbamates (subject to hydrolysis) is 1. The van der Waals surface area contributed by atoms with Crippen molar-refractivity contribution < 1.29 is 19.4 Å². The molecule has 2 atom stereocenters. The smallest absolute Gasteiger partial charge is 0.407 e. The van der Waals surface area contributed by atoms with E-state index < -0.39 is 18.2 Å². The predicted octanol–water partition coefficient (Wildman–Crippen LogP) is 5.10. The van der Waals surface area contributed by atoms with E-state index in [2.05, 4.69) is 39.6 Å². The van der Waals surface area contributed by atoms with Gasteiger partial charge in [-0.05, 0) is 66.0 Å². The third-order valence-corrected chi connectivity index (χ3v) is 8.41. The molecule has 40 heavy (non-hydrogen) atoms. The van der Waals surface area contributed by atoms with Crippen LogP contribution >= 0.6 is 0 Å². The van der Waals surface area contributed by atoms with E-state index in [0.29, 0.717) is 22.5 Å². The van der Waals surface area contributed by atoms with Gasteiger partial charge in [0.05, 0.1) is 24.2 Å². The van der Waals surface area contributed by atoms with Crippen LogP contribution in [0.5, 0.6) is 5.88 Å². The molecule has 206 valence electrons. The molecule has 0 bridgehead atoms. The lowest BCUT2D eigenvalue weighted by molar-refractivity contribution is 0.0707. The summed E-state index contributed by atoms with van der Waals surface area (Å²) in [4.78, 5) is 22.3. The molecule has 0 saturated heterocycles. The second kappa shape index (κ2) is 11.2. The van der Waals surface area contributed by atoms with Crippen molar-refractivity contribution in [1.29, 1.82) is 0 Å². The lowest BCUT2D eigenvalue weighted by atomic mass is 9.78. The highest BCUT2D eigenvalue weighted by atomic mass is 16.5. The average molecular weight is 539 g/mol. The van der Waals surface area contributed by atoms with Gasteiger partial charge in [-0.2, -0.15) is 0 Å². The lowest BCUT2D eigenvalue weighted by Gasteiger charge is -2.35. The van der Waals surface area contributed by atoms with Crippen LogP contribution in [-0.4, -0.2) is 47.0 Å². The molecular weight excluding hydrogens is 504 g/mol. The number of carbonyl (C=O) groups is 1. The van der Waals surface area contributed by atoms with Crippen LogP contribution in [0.3, 0.4) is 0 Å². The minimum absolute atomic E-state index is 0.0316. The number of aromatic nitrogens is 2. The molecular formula is C32H34N4O4. The highest BCUT2D eigenvalue weighted by Crippen LogP contribution is 2.44. The fourth-order valence-corrected chi connectivity index (χ4v) is 6.31. The number of nitrogens with zero attached hydrogens (tertiary/aromatic N) is 2. The predicted molar refractivity (Wildman–Crippen MR) is 153 cm³/mol. The number of hydrogen-bond acceptors (Lipinski definition) is 7. The maximum atomic E-state index is 13.3. The largest absolute Gasteiger partial charge is 0.481 e. The van der Waals surface area contributed by atoms with Gasteiger partial charge in [0.1, 0.15) is 12.7 Å². The summed E-state index contributed by atoms with van der Waals surface area (Å²) in [6.07, 6.45) is 3.34. The van der Waals surface area contributed by atoms with E-state index >= 15 is 0 Å². The number of hydrogen-bond donors (Lipinski definition) is 3. The Labute approximate surface area is 233 Å². The molecule has 0 aliphatic heterocycles. The van der Waals surface area contributed by atoms with Gasteiger partial charge in [-0.15, -0.1) is 0 Å². The zero-order valence-electron chi connectivity index (χ0n) is 22.5. The molecule has 0 spiro atoms. The number of carbonyl (C=O) groups excluding carboxylic acids is 1. The normalized spacial score (nSPS) is 19.9. The van der Waals surface area contributed by atoms with Gasteiger partial charge in [-0.1, -0.05) is 48.5 Å². The minimum Gasteiger partial charge on any atom is -0.481 e. The summed E-state index contributed by atoms with van der Waals surface area (Å²) >= 11 is 0. The summed E-state index contributed by atoms with van der Waals surface area (Å²) in [6, 6.07) is 21.3. The first-order chi connectivity index (χ1) is 19.5. The van der Waals surface area contributed by atoms with Crippen molar-refractivity contribution in [2.24, 2.45) is 11.7 Å². The molecule has 8 heteroatoms. The average Bonchev–Trinajstić information content (AvgIpc) is 3.32. The Morgan fingerprint density at radius 2 is 1.68 bits per heavy atom. The fourth-order valence-electron chi connectivity index (χ4n) is 6.31. The van der Waals surface area contributed by atoms with Gasteiger partial charge in [0.25, 0.3) is 0 Å². The first-order valence-electron chi connectivity index (χ1n) is 13.9. The van der Waals surface area contributed by atoms with Crippen LogP contribution in [0, 0.1) is 5.92 Å². The maximum absolute atomic E-state index is 13.3. The number of pyridine rings is 2. The van der Waals surface area contributed by atoms with Crippen LogP contribution in [0.25, 0.3) is 22.2 Å². The Morgan fingerprint density at radius 1 is 1.00 bits per heavy atom. The Balaban J connectivity index is 1.24. The van der Waals surface area contributed by atoms with E-state index in [1.165, 1.54) is 11.1 Å². The van der Waals surface area contributed by atoms with E-state index in [0.717, 1.165) is 36.8 Å². The van der Waals surface area contributed by atoms with Gasteiger partial charge in [0.15, 0.2) is 0 Å². The first-order valence-corrected chi connectivity index (χ1v) is 13.9. The summed E-state index contributed by atoms with van der Waals surface area (Å²) in [5, 5.41) is 14.8. The van der Waals surface area contributed by atoms with Crippen molar-refractivity contribution in [3.63, 3.8) is 0 Å². The molecule has 1 fully saturated rings. The van der Waals surface area contributed by atoms with Crippen LogP contribution in [-0.2, 0) is 4.74 Å². The summed E-state index contributed by atoms with van der Waals surface area (Å²) in [7, 11) is 1.55. The molecule has 6 rings (SSSR count). The topological polar surface area (TPSA) is 120 Å². The highest BCUT2D eigenvalue weighted by Gasteiger charge is 2.35. The molecule has 2 aromatic heterocycles. The molecule has 1 saturated carbocycles. The Morgan fingerprint density at radius 3 is 2.35 bits per heavy atom. The van der Waals surface area contributed by atoms with E-state index in [1.54, 1.807) is 25.4 Å². The van der Waals surface area contributed by atoms with Crippen LogP contribution < -0.4 is 15.8 Å². The summed E-state index contributed by atoms with van der Waals surface area (Å²) in [5.74, 6) is 0.415. The molecule has 1 amide bonds. The Hall–Kier alpha value is -4.01. The first kappa shape index (κ1) is 26.2. The van der Waals surface area contributed by atoms with Crippen molar-refractivity contribution in [1.82, 2.24) is 15.3 Å². The molecule has 4 aromatic rings. The van der Waals surface area contributed by atoms with Crippen molar-refractivity contribution in [2.75, 3.05) is 13.7 Å². The highest BCUT2D eigenvalue weighted by molar-refractivity contribution is 5.80. The monoisotopic (exact) mass is 538 g/mol. The Kier molecular flexibility index (Phi) is 7.36. The number of aliphatic hydroxyl groups excluding tert-OH is 1. The standard InChI is InChI=1S/C32H34N4O4/c1-39-28-15-14-27-30(35-28)25(16-17-34-27)31(37)29(19-10-12-20(33)13-11-19)36-32(38)40-18-26-23-8-4-2-6-21(23)22-7-3-5-9-24(22)26/h2-9,14-17,19-20,26,29,31,37H,10-13,18,33H2,1H3,(H,36,38). The molecule has 0 radical (unpaired) electrons. The van der Waals surface area contributed by atoms with Gasteiger partial charge in [-0.25, -0.2) is 9.78 Å². The maximum Gasteiger partial charge on any atom is 0.407 e. The summed E-state index contributed by atoms with van der Waals surface area (Å²) in [5.41, 5.74) is 12.6. The number of ether oxygens (including phenoxy) is 2. The van der Waals surface area contributed by atoms with Crippen LogP contribution in [0.1, 0.15) is 54.4 Å². The fraction of sp³-hybridized carbons (Fsp3) is 0.344. The van der Waals surface area contributed by atoms with E-state index in [9.17, 15) is 9.90 Å². The van der Waals surface area contributed by atoms with Crippen molar-refractivity contribution in [3.8, 4) is 17.0 Å². The second-order valence-corrected chi connectivity index (χ2v) is 10.7. The molecule has 2 aliphatic rings. The van der Waals surface area contributed by atoms with E-state index in [4.69, 9.17) is 15.2 Å². The number of amides is 1. The number of nitrogens with one attached hydrogen (secondary N) is 1. The number of nitrogens with two attached hydrogens (primary N) is 1. The molecule has 4 N–H and O–H groups in total. The van der Waals surface area contributed by atoms with Crippen LogP contribution in [0.2, 0.25) is 0 Å². The number of aliphatic hydroxyl groups is 1. The number of rotatable bonds is 7.